The third kappa shape index (κ3) is 4.68. The van der Waals surface area contributed by atoms with E-state index in [0.29, 0.717) is 0 Å². The SMILES string of the molecule is Cc1cccc(N2C(=O)n3cc(C(C)(C)C)nc3[C@]23CCN(Cc2cccc(OC(C)C)c2)[C@@H](C)C3)c1. The van der Waals surface area contributed by atoms with E-state index in [-0.39, 0.29) is 23.6 Å². The van der Waals surface area contributed by atoms with E-state index >= 15 is 0 Å². The van der Waals surface area contributed by atoms with Crippen molar-refractivity contribution in [2.45, 2.75) is 91.0 Å². The van der Waals surface area contributed by atoms with Crippen molar-refractivity contribution < 1.29 is 9.53 Å². The van der Waals surface area contributed by atoms with Crippen molar-refractivity contribution in [1.29, 1.82) is 0 Å². The number of carbonyl (C=O) groups excluding carboxylic acids is 1. The van der Waals surface area contributed by atoms with Crippen LogP contribution in [0.25, 0.3) is 0 Å². The maximum absolute atomic E-state index is 13.9. The van der Waals surface area contributed by atoms with E-state index in [1.807, 2.05) is 27.8 Å². The molecule has 196 valence electrons. The molecule has 2 aliphatic rings. The average molecular weight is 501 g/mol. The second-order valence-corrected chi connectivity index (χ2v) is 12.1. The highest BCUT2D eigenvalue weighted by atomic mass is 16.5. The maximum Gasteiger partial charge on any atom is 0.335 e. The van der Waals surface area contributed by atoms with E-state index in [1.165, 1.54) is 5.56 Å². The summed E-state index contributed by atoms with van der Waals surface area (Å²) in [4.78, 5) is 23.6. The number of nitrogens with zero attached hydrogens (tertiary/aromatic N) is 4. The summed E-state index contributed by atoms with van der Waals surface area (Å²) >= 11 is 0. The first-order chi connectivity index (χ1) is 17.5. The molecule has 6 nitrogen and oxygen atoms in total. The van der Waals surface area contributed by atoms with Crippen LogP contribution in [-0.2, 0) is 17.5 Å². The predicted molar refractivity (Wildman–Crippen MR) is 148 cm³/mol. The highest BCUT2D eigenvalue weighted by Crippen LogP contribution is 2.48. The number of anilines is 1. The minimum Gasteiger partial charge on any atom is -0.491 e. The Kier molecular flexibility index (Phi) is 6.43. The number of hydrogen-bond donors (Lipinski definition) is 0. The topological polar surface area (TPSA) is 50.6 Å². The summed E-state index contributed by atoms with van der Waals surface area (Å²) in [5.41, 5.74) is 3.72. The van der Waals surface area contributed by atoms with Crippen molar-refractivity contribution >= 4 is 11.7 Å². The fourth-order valence-electron chi connectivity index (χ4n) is 5.86. The number of aryl methyl sites for hydroxylation is 1. The molecule has 0 unspecified atom stereocenters. The van der Waals surface area contributed by atoms with Crippen molar-refractivity contribution in [2.24, 2.45) is 0 Å². The zero-order chi connectivity index (χ0) is 26.5. The summed E-state index contributed by atoms with van der Waals surface area (Å²) in [6, 6.07) is 17.0. The Morgan fingerprint density at radius 2 is 1.89 bits per heavy atom. The second kappa shape index (κ2) is 9.32. The number of amides is 1. The number of carbonyl (C=O) groups is 1. The van der Waals surface area contributed by atoms with Crippen molar-refractivity contribution in [3.05, 3.63) is 77.4 Å². The fraction of sp³-hybridized carbons (Fsp3) is 0.484. The number of aromatic nitrogens is 2. The van der Waals surface area contributed by atoms with Gasteiger partial charge in [0, 0.05) is 36.4 Å². The van der Waals surface area contributed by atoms with Gasteiger partial charge >= 0.3 is 6.03 Å². The molecule has 0 saturated carbocycles. The Bertz CT molecular complexity index is 1300. The summed E-state index contributed by atoms with van der Waals surface area (Å²) in [6.07, 6.45) is 3.78. The first-order valence-electron chi connectivity index (χ1n) is 13.5. The molecule has 1 amide bonds. The third-order valence-electron chi connectivity index (χ3n) is 7.70. The molecule has 0 N–H and O–H groups in total. The molecule has 1 fully saturated rings. The molecule has 2 aliphatic heterocycles. The summed E-state index contributed by atoms with van der Waals surface area (Å²) < 4.78 is 7.74. The molecule has 37 heavy (non-hydrogen) atoms. The van der Waals surface area contributed by atoms with E-state index in [2.05, 4.69) is 89.8 Å². The van der Waals surface area contributed by atoms with Gasteiger partial charge in [-0.15, -0.1) is 0 Å². The lowest BCUT2D eigenvalue weighted by atomic mass is 9.81. The van der Waals surface area contributed by atoms with Crippen LogP contribution < -0.4 is 9.64 Å². The van der Waals surface area contributed by atoms with Crippen molar-refractivity contribution in [2.75, 3.05) is 11.4 Å². The Hall–Kier alpha value is -3.12. The lowest BCUT2D eigenvalue weighted by Gasteiger charge is -2.47. The zero-order valence-electron chi connectivity index (χ0n) is 23.3. The van der Waals surface area contributed by atoms with Gasteiger partial charge in [-0.1, -0.05) is 45.0 Å². The fourth-order valence-corrected chi connectivity index (χ4v) is 5.86. The van der Waals surface area contributed by atoms with Gasteiger partial charge in [-0.3, -0.25) is 14.4 Å². The molecule has 1 spiro atoms. The number of piperidine rings is 1. The molecule has 0 bridgehead atoms. The molecule has 0 radical (unpaired) electrons. The van der Waals surface area contributed by atoms with Gasteiger partial charge in [0.15, 0.2) is 0 Å². The summed E-state index contributed by atoms with van der Waals surface area (Å²) in [5, 5.41) is 0. The van der Waals surface area contributed by atoms with E-state index in [4.69, 9.17) is 9.72 Å². The van der Waals surface area contributed by atoms with Crippen LogP contribution in [0, 0.1) is 6.92 Å². The summed E-state index contributed by atoms with van der Waals surface area (Å²) in [7, 11) is 0. The quantitative estimate of drug-likeness (QED) is 0.394. The molecular formula is C31H40N4O2. The molecule has 2 atom stereocenters. The number of imidazole rings is 1. The highest BCUT2D eigenvalue weighted by Gasteiger charge is 2.55. The van der Waals surface area contributed by atoms with Gasteiger partial charge < -0.3 is 4.74 Å². The highest BCUT2D eigenvalue weighted by molar-refractivity contribution is 5.99. The third-order valence-corrected chi connectivity index (χ3v) is 7.70. The summed E-state index contributed by atoms with van der Waals surface area (Å²) in [6.45, 7) is 16.7. The van der Waals surface area contributed by atoms with Crippen molar-refractivity contribution in [3.63, 3.8) is 0 Å². The molecule has 6 heteroatoms. The van der Waals surface area contributed by atoms with Gasteiger partial charge in [0.2, 0.25) is 0 Å². The van der Waals surface area contributed by atoms with Gasteiger partial charge in [0.1, 0.15) is 17.1 Å². The van der Waals surface area contributed by atoms with Crippen LogP contribution in [-0.4, -0.2) is 39.2 Å². The average Bonchev–Trinajstić information content (AvgIpc) is 3.35. The lowest BCUT2D eigenvalue weighted by molar-refractivity contribution is 0.0966. The van der Waals surface area contributed by atoms with E-state index in [1.54, 1.807) is 0 Å². The molecule has 0 aliphatic carbocycles. The predicted octanol–water partition coefficient (Wildman–Crippen LogP) is 6.64. The Morgan fingerprint density at radius 3 is 2.57 bits per heavy atom. The van der Waals surface area contributed by atoms with Crippen LogP contribution >= 0.6 is 0 Å². The number of hydrogen-bond acceptors (Lipinski definition) is 4. The Morgan fingerprint density at radius 1 is 1.14 bits per heavy atom. The van der Waals surface area contributed by atoms with E-state index in [0.717, 1.165) is 54.4 Å². The Labute approximate surface area is 221 Å². The van der Waals surface area contributed by atoms with Crippen molar-refractivity contribution in [1.82, 2.24) is 14.5 Å². The van der Waals surface area contributed by atoms with E-state index in [9.17, 15) is 4.79 Å². The molecule has 2 aromatic carbocycles. The van der Waals surface area contributed by atoms with Crippen LogP contribution in [0.1, 0.15) is 77.0 Å². The number of benzene rings is 2. The number of fused-ring (bicyclic) bond motifs is 2. The first kappa shape index (κ1) is 25.5. The Balaban J connectivity index is 1.48. The van der Waals surface area contributed by atoms with Gasteiger partial charge in [0.25, 0.3) is 0 Å². The van der Waals surface area contributed by atoms with Crippen LogP contribution in [0.3, 0.4) is 0 Å². The molecule has 1 saturated heterocycles. The molecular weight excluding hydrogens is 460 g/mol. The van der Waals surface area contributed by atoms with Gasteiger partial charge in [-0.25, -0.2) is 9.78 Å². The molecule has 5 rings (SSSR count). The minimum absolute atomic E-state index is 0.00258. The van der Waals surface area contributed by atoms with Crippen LogP contribution in [0.5, 0.6) is 5.75 Å². The smallest absolute Gasteiger partial charge is 0.335 e. The number of likely N-dealkylation sites (tertiary alicyclic amines) is 1. The number of ether oxygens (including phenoxy) is 1. The van der Waals surface area contributed by atoms with Crippen LogP contribution in [0.4, 0.5) is 10.5 Å². The number of rotatable bonds is 5. The molecule has 1 aromatic heterocycles. The second-order valence-electron chi connectivity index (χ2n) is 12.1. The van der Waals surface area contributed by atoms with Crippen LogP contribution in [0.15, 0.2) is 54.7 Å². The van der Waals surface area contributed by atoms with Crippen molar-refractivity contribution in [3.8, 4) is 5.75 Å². The standard InChI is InChI=1S/C31H40N4O2/c1-21(2)37-26-13-9-11-24(17-26)19-33-15-14-31(18-23(33)4)28-32-27(30(5,6)7)20-34(28)29(36)35(31)25-12-8-10-22(3)16-25/h8-13,16-17,20-21,23H,14-15,18-19H2,1-7H3/t23-,31+/m0/s1. The molecule has 3 heterocycles. The summed E-state index contributed by atoms with van der Waals surface area (Å²) in [5.74, 6) is 1.81. The van der Waals surface area contributed by atoms with Gasteiger partial charge in [0.05, 0.1) is 11.8 Å². The maximum atomic E-state index is 13.9. The molecule has 3 aromatic rings. The van der Waals surface area contributed by atoms with Gasteiger partial charge in [-0.2, -0.15) is 0 Å². The monoisotopic (exact) mass is 500 g/mol. The lowest BCUT2D eigenvalue weighted by Crippen LogP contribution is -2.55. The largest absolute Gasteiger partial charge is 0.491 e. The normalized spacial score (nSPS) is 22.2. The zero-order valence-corrected chi connectivity index (χ0v) is 23.3. The van der Waals surface area contributed by atoms with Crippen LogP contribution in [0.2, 0.25) is 0 Å². The first-order valence-corrected chi connectivity index (χ1v) is 13.5. The van der Waals surface area contributed by atoms with Gasteiger partial charge in [-0.05, 0) is 75.9 Å². The minimum atomic E-state index is -0.465. The van der Waals surface area contributed by atoms with E-state index < -0.39 is 5.54 Å².